The van der Waals surface area contributed by atoms with E-state index in [1.54, 1.807) is 31.8 Å². The van der Waals surface area contributed by atoms with E-state index in [0.717, 1.165) is 48.2 Å². The van der Waals surface area contributed by atoms with Crippen LogP contribution in [0.2, 0.25) is 0 Å². The summed E-state index contributed by atoms with van der Waals surface area (Å²) in [5.41, 5.74) is 6.59. The second-order valence-corrected chi connectivity index (χ2v) is 7.06. The number of nitrogens with zero attached hydrogens (tertiary/aromatic N) is 3. The molecule has 0 unspecified atom stereocenters. The van der Waals surface area contributed by atoms with E-state index in [1.165, 1.54) is 0 Å². The summed E-state index contributed by atoms with van der Waals surface area (Å²) in [7, 11) is 1.64. The average Bonchev–Trinajstić information content (AvgIpc) is 2.75. The van der Waals surface area contributed by atoms with Gasteiger partial charge in [0.15, 0.2) is 0 Å². The van der Waals surface area contributed by atoms with Crippen LogP contribution in [0.5, 0.6) is 11.6 Å². The van der Waals surface area contributed by atoms with Crippen molar-refractivity contribution in [2.24, 2.45) is 5.73 Å². The smallest absolute Gasteiger partial charge is 0.254 e. The molecule has 29 heavy (non-hydrogen) atoms. The molecule has 2 aromatic heterocycles. The number of amides is 1. The van der Waals surface area contributed by atoms with Crippen LogP contribution in [-0.4, -0.2) is 40.1 Å². The zero-order valence-electron chi connectivity index (χ0n) is 16.2. The highest BCUT2D eigenvalue weighted by Gasteiger charge is 2.25. The number of pyridine rings is 1. The number of hydrogen-bond donors (Lipinski definition) is 2. The number of nitrogens with two attached hydrogens (primary N) is 1. The first kappa shape index (κ1) is 18.9. The lowest BCUT2D eigenvalue weighted by Crippen LogP contribution is -2.32. The molecule has 0 spiro atoms. The second kappa shape index (κ2) is 8.30. The number of ether oxygens (including phenoxy) is 2. The van der Waals surface area contributed by atoms with Crippen LogP contribution in [0, 0.1) is 0 Å². The zero-order chi connectivity index (χ0) is 20.2. The number of anilines is 1. The normalized spacial score (nSPS) is 18.9. The van der Waals surface area contributed by atoms with E-state index < -0.39 is 5.91 Å². The fraction of sp³-hybridized carbons (Fsp3) is 0.333. The topological polar surface area (TPSA) is 112 Å². The first-order valence-corrected chi connectivity index (χ1v) is 9.61. The summed E-state index contributed by atoms with van der Waals surface area (Å²) in [4.78, 5) is 24.5. The number of primary amides is 1. The Kier molecular flexibility index (Phi) is 5.41. The maximum absolute atomic E-state index is 11.5. The van der Waals surface area contributed by atoms with Crippen LogP contribution in [-0.2, 0) is 0 Å². The van der Waals surface area contributed by atoms with Crippen molar-refractivity contribution >= 4 is 22.6 Å². The quantitative estimate of drug-likeness (QED) is 0.662. The van der Waals surface area contributed by atoms with Crippen molar-refractivity contribution in [2.75, 3.05) is 12.4 Å². The monoisotopic (exact) mass is 393 g/mol. The van der Waals surface area contributed by atoms with Gasteiger partial charge in [-0.2, -0.15) is 0 Å². The van der Waals surface area contributed by atoms with Crippen molar-refractivity contribution in [3.8, 4) is 11.6 Å². The number of nitrogens with one attached hydrogen (secondary N) is 1. The molecule has 0 saturated heterocycles. The van der Waals surface area contributed by atoms with E-state index in [0.29, 0.717) is 11.4 Å². The van der Waals surface area contributed by atoms with E-state index in [2.05, 4.69) is 20.3 Å². The fourth-order valence-electron chi connectivity index (χ4n) is 3.63. The number of methoxy groups -OCH3 is 1. The molecule has 150 valence electrons. The van der Waals surface area contributed by atoms with Crippen molar-refractivity contribution in [3.63, 3.8) is 0 Å². The van der Waals surface area contributed by atoms with E-state index in [4.69, 9.17) is 15.2 Å². The largest absolute Gasteiger partial charge is 0.497 e. The van der Waals surface area contributed by atoms with Crippen molar-refractivity contribution < 1.29 is 14.3 Å². The third-order valence-corrected chi connectivity index (χ3v) is 5.17. The molecular formula is C21H23N5O3. The molecule has 4 rings (SSSR count). The Morgan fingerprint density at radius 3 is 2.72 bits per heavy atom. The Bertz CT molecular complexity index is 1020. The van der Waals surface area contributed by atoms with E-state index >= 15 is 0 Å². The molecule has 1 aromatic carbocycles. The highest BCUT2D eigenvalue weighted by Crippen LogP contribution is 2.29. The minimum atomic E-state index is -0.533. The van der Waals surface area contributed by atoms with Gasteiger partial charge in [0.25, 0.3) is 5.91 Å². The maximum Gasteiger partial charge on any atom is 0.254 e. The lowest BCUT2D eigenvalue weighted by Gasteiger charge is -2.30. The minimum Gasteiger partial charge on any atom is -0.497 e. The van der Waals surface area contributed by atoms with Gasteiger partial charge in [0, 0.05) is 17.6 Å². The molecule has 1 aliphatic carbocycles. The Labute approximate surface area is 168 Å². The van der Waals surface area contributed by atoms with Gasteiger partial charge in [0.2, 0.25) is 5.88 Å². The highest BCUT2D eigenvalue weighted by atomic mass is 16.5. The summed E-state index contributed by atoms with van der Waals surface area (Å²) in [5, 5.41) is 4.47. The standard InChI is InChI=1S/C21H23N5O3/c1-28-15-8-9-18-17(11-15)20(25-12-24-18)26-13-4-6-14(7-5-13)29-21-16(19(22)27)3-2-10-23-21/h2-3,8-14H,4-7H2,1H3,(H2,22,27)(H,24,25,26)/t13-,14-. The number of carbonyl (C=O) groups is 1. The van der Waals surface area contributed by atoms with Gasteiger partial charge in [0.05, 0.1) is 12.6 Å². The van der Waals surface area contributed by atoms with E-state index in [1.807, 2.05) is 18.2 Å². The predicted molar refractivity (Wildman–Crippen MR) is 109 cm³/mol. The summed E-state index contributed by atoms with van der Waals surface area (Å²) in [5.74, 6) is 1.35. The van der Waals surface area contributed by atoms with Crippen LogP contribution in [0.1, 0.15) is 36.0 Å². The molecule has 3 aromatic rings. The maximum atomic E-state index is 11.5. The Balaban J connectivity index is 1.41. The molecule has 1 fully saturated rings. The van der Waals surface area contributed by atoms with Crippen LogP contribution >= 0.6 is 0 Å². The van der Waals surface area contributed by atoms with Gasteiger partial charge < -0.3 is 20.5 Å². The SMILES string of the molecule is COc1ccc2ncnc(N[C@H]3CC[C@H](Oc4ncccc4C(N)=O)CC3)c2c1. The second-order valence-electron chi connectivity index (χ2n) is 7.06. The fourth-order valence-corrected chi connectivity index (χ4v) is 3.63. The summed E-state index contributed by atoms with van der Waals surface area (Å²) in [6.45, 7) is 0. The third kappa shape index (κ3) is 4.21. The number of aromatic nitrogens is 3. The molecule has 0 aliphatic heterocycles. The van der Waals surface area contributed by atoms with Crippen LogP contribution in [0.15, 0.2) is 42.9 Å². The van der Waals surface area contributed by atoms with Crippen LogP contribution < -0.4 is 20.5 Å². The average molecular weight is 393 g/mol. The molecule has 3 N–H and O–H groups in total. The Morgan fingerprint density at radius 1 is 1.14 bits per heavy atom. The van der Waals surface area contributed by atoms with Gasteiger partial charge in [-0.25, -0.2) is 15.0 Å². The summed E-state index contributed by atoms with van der Waals surface area (Å²) < 4.78 is 11.3. The number of rotatable bonds is 6. The van der Waals surface area contributed by atoms with E-state index in [9.17, 15) is 4.79 Å². The van der Waals surface area contributed by atoms with Crippen LogP contribution in [0.3, 0.4) is 0 Å². The molecule has 8 nitrogen and oxygen atoms in total. The number of fused-ring (bicyclic) bond motifs is 1. The highest BCUT2D eigenvalue weighted by molar-refractivity contribution is 5.95. The predicted octanol–water partition coefficient (Wildman–Crippen LogP) is 2.93. The zero-order valence-corrected chi connectivity index (χ0v) is 16.2. The molecule has 0 radical (unpaired) electrons. The lowest BCUT2D eigenvalue weighted by molar-refractivity contribution is 0.0983. The molecule has 8 heteroatoms. The number of carbonyl (C=O) groups excluding carboxylic acids is 1. The molecule has 1 amide bonds. The van der Waals surface area contributed by atoms with Gasteiger partial charge in [-0.15, -0.1) is 0 Å². The third-order valence-electron chi connectivity index (χ3n) is 5.17. The number of benzene rings is 1. The van der Waals surface area contributed by atoms with Gasteiger partial charge in [-0.05, 0) is 56.0 Å². The van der Waals surface area contributed by atoms with Crippen molar-refractivity contribution in [3.05, 3.63) is 48.4 Å². The summed E-state index contributed by atoms with van der Waals surface area (Å²) in [6, 6.07) is 9.34. The van der Waals surface area contributed by atoms with Crippen LogP contribution in [0.4, 0.5) is 5.82 Å². The molecule has 0 atom stereocenters. The molecule has 1 aliphatic rings. The van der Waals surface area contributed by atoms with Gasteiger partial charge in [0.1, 0.15) is 29.6 Å². The summed E-state index contributed by atoms with van der Waals surface area (Å²) >= 11 is 0. The van der Waals surface area contributed by atoms with Gasteiger partial charge in [-0.3, -0.25) is 4.79 Å². The summed E-state index contributed by atoms with van der Waals surface area (Å²) in [6.07, 6.45) is 6.69. The minimum absolute atomic E-state index is 0.00304. The van der Waals surface area contributed by atoms with E-state index in [-0.39, 0.29) is 12.1 Å². The van der Waals surface area contributed by atoms with Crippen LogP contribution in [0.25, 0.3) is 10.9 Å². The number of hydrogen-bond acceptors (Lipinski definition) is 7. The Morgan fingerprint density at radius 2 is 1.97 bits per heavy atom. The molecular weight excluding hydrogens is 370 g/mol. The van der Waals surface area contributed by atoms with Gasteiger partial charge >= 0.3 is 0 Å². The Hall–Kier alpha value is -3.42. The first-order valence-electron chi connectivity index (χ1n) is 9.61. The van der Waals surface area contributed by atoms with Gasteiger partial charge in [-0.1, -0.05) is 0 Å². The van der Waals surface area contributed by atoms with Crippen molar-refractivity contribution in [1.29, 1.82) is 0 Å². The first-order chi connectivity index (χ1) is 14.1. The van der Waals surface area contributed by atoms with Crippen molar-refractivity contribution in [1.82, 2.24) is 15.0 Å². The lowest BCUT2D eigenvalue weighted by atomic mass is 9.93. The molecule has 2 heterocycles. The molecule has 0 bridgehead atoms. The van der Waals surface area contributed by atoms with Crippen molar-refractivity contribution in [2.45, 2.75) is 37.8 Å². The molecule has 1 saturated carbocycles.